The molecular formula is C19H26FNO6. The van der Waals surface area contributed by atoms with E-state index in [-0.39, 0.29) is 36.3 Å². The minimum absolute atomic E-state index is 0.0911. The van der Waals surface area contributed by atoms with E-state index in [4.69, 9.17) is 9.47 Å². The van der Waals surface area contributed by atoms with Gasteiger partial charge in [0, 0.05) is 26.2 Å². The first kappa shape index (κ1) is 21.1. The molecule has 1 aliphatic rings. The number of phenolic OH excluding ortho intramolecular Hbond substituents is 1. The first-order valence-corrected chi connectivity index (χ1v) is 8.97. The normalized spacial score (nSPS) is 15.1. The molecule has 0 spiro atoms. The summed E-state index contributed by atoms with van der Waals surface area (Å²) in [7, 11) is 2.92. The van der Waals surface area contributed by atoms with E-state index >= 15 is 0 Å². The zero-order valence-electron chi connectivity index (χ0n) is 15.6. The zero-order valence-corrected chi connectivity index (χ0v) is 15.6. The van der Waals surface area contributed by atoms with Crippen LogP contribution in [0.5, 0.6) is 5.75 Å². The number of nitrogens with zero attached hydrogens (tertiary/aromatic N) is 1. The molecule has 2 N–H and O–H groups in total. The van der Waals surface area contributed by atoms with Crippen LogP contribution >= 0.6 is 0 Å². The Bertz CT molecular complexity index is 668. The number of aromatic carboxylic acids is 1. The largest absolute Gasteiger partial charge is 0.505 e. The van der Waals surface area contributed by atoms with Gasteiger partial charge in [0.15, 0.2) is 11.6 Å². The van der Waals surface area contributed by atoms with Gasteiger partial charge in [0.05, 0.1) is 30.5 Å². The monoisotopic (exact) mass is 383 g/mol. The maximum Gasteiger partial charge on any atom is 0.337 e. The lowest BCUT2D eigenvalue weighted by atomic mass is 9.87. The highest BCUT2D eigenvalue weighted by molar-refractivity contribution is 6.03. The summed E-state index contributed by atoms with van der Waals surface area (Å²) in [6, 6.07) is 1.08. The number of halogens is 1. The van der Waals surface area contributed by atoms with E-state index in [1.54, 1.807) is 0 Å². The first-order chi connectivity index (χ1) is 12.9. The molecule has 1 aliphatic carbocycles. The van der Waals surface area contributed by atoms with Crippen LogP contribution in [0.25, 0.3) is 0 Å². The number of carboxylic acids is 1. The van der Waals surface area contributed by atoms with Gasteiger partial charge in [-0.2, -0.15) is 0 Å². The average molecular weight is 383 g/mol. The predicted molar refractivity (Wildman–Crippen MR) is 96.6 cm³/mol. The molecule has 0 unspecified atom stereocenters. The Morgan fingerprint density at radius 2 is 1.78 bits per heavy atom. The number of aromatic hydroxyl groups is 1. The van der Waals surface area contributed by atoms with E-state index in [2.05, 4.69) is 0 Å². The molecule has 0 atom stereocenters. The number of amides is 1. The van der Waals surface area contributed by atoms with Crippen molar-refractivity contribution in [2.24, 2.45) is 5.92 Å². The molecule has 1 aromatic rings. The minimum Gasteiger partial charge on any atom is -0.505 e. The standard InChI is InChI=1S/C19H26FNO6/c1-26-10-13(11-27-2)21(18(23)12-6-4-3-5-7-12)16-9-15(20)17(22)8-14(16)19(24)25/h8-9,12-13,22H,3-7,10-11H2,1-2H3,(H,24,25). The number of hydrogen-bond acceptors (Lipinski definition) is 5. The molecule has 0 bridgehead atoms. The van der Waals surface area contributed by atoms with E-state index in [0.717, 1.165) is 31.4 Å². The Morgan fingerprint density at radius 1 is 1.19 bits per heavy atom. The van der Waals surface area contributed by atoms with Gasteiger partial charge in [-0.1, -0.05) is 19.3 Å². The van der Waals surface area contributed by atoms with Crippen molar-refractivity contribution in [1.82, 2.24) is 0 Å². The Balaban J connectivity index is 2.55. The molecule has 0 aliphatic heterocycles. The number of carbonyl (C=O) groups excluding carboxylic acids is 1. The topological polar surface area (TPSA) is 96.3 Å². The Labute approximate surface area is 157 Å². The molecule has 27 heavy (non-hydrogen) atoms. The molecule has 1 aromatic carbocycles. The maximum atomic E-state index is 14.1. The Hall–Kier alpha value is -2.19. The van der Waals surface area contributed by atoms with E-state index in [1.165, 1.54) is 19.1 Å². The number of phenols is 1. The highest BCUT2D eigenvalue weighted by atomic mass is 19.1. The number of anilines is 1. The number of methoxy groups -OCH3 is 2. The average Bonchev–Trinajstić information content (AvgIpc) is 2.65. The lowest BCUT2D eigenvalue weighted by molar-refractivity contribution is -0.124. The van der Waals surface area contributed by atoms with Crippen LogP contribution in [0.15, 0.2) is 12.1 Å². The Morgan fingerprint density at radius 3 is 2.30 bits per heavy atom. The molecule has 0 heterocycles. The number of carboxylic acid groups (broad SMARTS) is 1. The van der Waals surface area contributed by atoms with Gasteiger partial charge in [0.2, 0.25) is 5.91 Å². The van der Waals surface area contributed by atoms with Gasteiger partial charge in [0.1, 0.15) is 0 Å². The van der Waals surface area contributed by atoms with Crippen LogP contribution in [0.3, 0.4) is 0 Å². The van der Waals surface area contributed by atoms with E-state index in [0.29, 0.717) is 12.8 Å². The molecule has 0 aromatic heterocycles. The third-order valence-electron chi connectivity index (χ3n) is 4.83. The fourth-order valence-electron chi connectivity index (χ4n) is 3.55. The van der Waals surface area contributed by atoms with Crippen molar-refractivity contribution in [2.75, 3.05) is 32.3 Å². The van der Waals surface area contributed by atoms with Crippen LogP contribution in [0.1, 0.15) is 42.5 Å². The number of ether oxygens (including phenoxy) is 2. The van der Waals surface area contributed by atoms with Gasteiger partial charge in [0.25, 0.3) is 0 Å². The number of hydrogen-bond donors (Lipinski definition) is 2. The summed E-state index contributed by atoms with van der Waals surface area (Å²) >= 11 is 0. The lowest BCUT2D eigenvalue weighted by Gasteiger charge is -2.35. The van der Waals surface area contributed by atoms with Crippen molar-refractivity contribution in [3.63, 3.8) is 0 Å². The van der Waals surface area contributed by atoms with Gasteiger partial charge >= 0.3 is 5.97 Å². The second kappa shape index (κ2) is 9.66. The molecule has 150 valence electrons. The molecule has 7 nitrogen and oxygen atoms in total. The SMILES string of the molecule is COCC(COC)N(C(=O)C1CCCCC1)c1cc(F)c(O)cc1C(=O)O. The molecule has 1 saturated carbocycles. The van der Waals surface area contributed by atoms with Gasteiger partial charge < -0.3 is 24.6 Å². The summed E-state index contributed by atoms with van der Waals surface area (Å²) < 4.78 is 24.5. The molecule has 2 rings (SSSR count). The number of benzene rings is 1. The quantitative estimate of drug-likeness (QED) is 0.717. The summed E-state index contributed by atoms with van der Waals surface area (Å²) in [6.07, 6.45) is 4.28. The number of rotatable bonds is 8. The molecule has 1 amide bonds. The lowest BCUT2D eigenvalue weighted by Crippen LogP contribution is -2.49. The van der Waals surface area contributed by atoms with E-state index in [1.807, 2.05) is 0 Å². The highest BCUT2D eigenvalue weighted by Crippen LogP contribution is 2.33. The molecular weight excluding hydrogens is 357 g/mol. The van der Waals surface area contributed by atoms with Gasteiger partial charge in [-0.3, -0.25) is 4.79 Å². The summed E-state index contributed by atoms with van der Waals surface area (Å²) in [6.45, 7) is 0.182. The van der Waals surface area contributed by atoms with Crippen LogP contribution in [-0.4, -0.2) is 55.6 Å². The van der Waals surface area contributed by atoms with E-state index < -0.39 is 23.6 Å². The third-order valence-corrected chi connectivity index (χ3v) is 4.83. The number of carbonyl (C=O) groups is 2. The summed E-state index contributed by atoms with van der Waals surface area (Å²) in [5.74, 6) is -3.69. The van der Waals surface area contributed by atoms with Gasteiger partial charge in [-0.05, 0) is 18.9 Å². The van der Waals surface area contributed by atoms with E-state index in [9.17, 15) is 24.2 Å². The van der Waals surface area contributed by atoms with Crippen molar-refractivity contribution in [3.05, 3.63) is 23.5 Å². The second-order valence-corrected chi connectivity index (χ2v) is 6.73. The van der Waals surface area contributed by atoms with Crippen LogP contribution in [0.4, 0.5) is 10.1 Å². The second-order valence-electron chi connectivity index (χ2n) is 6.73. The molecule has 1 fully saturated rings. The smallest absolute Gasteiger partial charge is 0.337 e. The Kier molecular flexibility index (Phi) is 7.55. The van der Waals surface area contributed by atoms with Crippen LogP contribution in [0.2, 0.25) is 0 Å². The fraction of sp³-hybridized carbons (Fsp3) is 0.579. The van der Waals surface area contributed by atoms with Gasteiger partial charge in [-0.15, -0.1) is 0 Å². The summed E-state index contributed by atoms with van der Waals surface area (Å²) in [5, 5.41) is 19.1. The van der Waals surface area contributed by atoms with Crippen molar-refractivity contribution in [1.29, 1.82) is 0 Å². The minimum atomic E-state index is -1.37. The van der Waals surface area contributed by atoms with Crippen LogP contribution < -0.4 is 4.90 Å². The summed E-state index contributed by atoms with van der Waals surface area (Å²) in [4.78, 5) is 26.3. The first-order valence-electron chi connectivity index (χ1n) is 8.97. The van der Waals surface area contributed by atoms with Crippen molar-refractivity contribution >= 4 is 17.6 Å². The predicted octanol–water partition coefficient (Wildman–Crippen LogP) is 2.80. The summed E-state index contributed by atoms with van der Waals surface area (Å²) in [5.41, 5.74) is -0.456. The van der Waals surface area contributed by atoms with Crippen LogP contribution in [-0.2, 0) is 14.3 Å². The third kappa shape index (κ3) is 4.95. The van der Waals surface area contributed by atoms with Crippen molar-refractivity contribution in [2.45, 2.75) is 38.1 Å². The fourth-order valence-corrected chi connectivity index (χ4v) is 3.55. The zero-order chi connectivity index (χ0) is 20.0. The van der Waals surface area contributed by atoms with Gasteiger partial charge in [-0.25, -0.2) is 9.18 Å². The van der Waals surface area contributed by atoms with Crippen molar-refractivity contribution in [3.8, 4) is 5.75 Å². The van der Waals surface area contributed by atoms with Crippen LogP contribution in [0, 0.1) is 11.7 Å². The maximum absolute atomic E-state index is 14.1. The molecule has 8 heteroatoms. The van der Waals surface area contributed by atoms with Crippen molar-refractivity contribution < 1.29 is 33.7 Å². The highest BCUT2D eigenvalue weighted by Gasteiger charge is 2.34. The molecule has 0 radical (unpaired) electrons. The molecule has 0 saturated heterocycles.